The Morgan fingerprint density at radius 1 is 1.40 bits per heavy atom. The van der Waals surface area contributed by atoms with Gasteiger partial charge in [-0.05, 0) is 12.8 Å². The number of rotatable bonds is 6. The van der Waals surface area contributed by atoms with Crippen LogP contribution in [0.5, 0.6) is 0 Å². The molecule has 0 amide bonds. The van der Waals surface area contributed by atoms with Gasteiger partial charge in [0, 0.05) is 26.2 Å². The molecule has 0 aromatic heterocycles. The zero-order valence-corrected chi connectivity index (χ0v) is 9.37. The standard InChI is InChI=1S/C11H20N2O2/c1-3-6-13-7-4-11(5-8-13)12-15-10-9-14-2/h1,11-12H,4-10H2,2H3. The first kappa shape index (κ1) is 12.5. The number of piperidine rings is 1. The lowest BCUT2D eigenvalue weighted by molar-refractivity contribution is -0.0227. The number of nitrogens with one attached hydrogen (secondary N) is 1. The van der Waals surface area contributed by atoms with Crippen LogP contribution in [0.25, 0.3) is 0 Å². The van der Waals surface area contributed by atoms with Crippen LogP contribution < -0.4 is 5.48 Å². The van der Waals surface area contributed by atoms with Crippen LogP contribution in [0.3, 0.4) is 0 Å². The maximum absolute atomic E-state index is 5.27. The minimum absolute atomic E-state index is 0.455. The predicted molar refractivity (Wildman–Crippen MR) is 59.3 cm³/mol. The van der Waals surface area contributed by atoms with E-state index in [2.05, 4.69) is 16.3 Å². The Bertz CT molecular complexity index is 195. The van der Waals surface area contributed by atoms with Gasteiger partial charge in [-0.1, -0.05) is 5.92 Å². The largest absolute Gasteiger partial charge is 0.382 e. The Labute approximate surface area is 91.9 Å². The zero-order chi connectivity index (χ0) is 10.9. The van der Waals surface area contributed by atoms with Gasteiger partial charge in [0.1, 0.15) is 0 Å². The molecule has 1 rings (SSSR count). The van der Waals surface area contributed by atoms with Crippen molar-refractivity contribution in [1.82, 2.24) is 10.4 Å². The average molecular weight is 212 g/mol. The van der Waals surface area contributed by atoms with Crippen LogP contribution in [0.1, 0.15) is 12.8 Å². The first-order valence-corrected chi connectivity index (χ1v) is 5.39. The monoisotopic (exact) mass is 212 g/mol. The van der Waals surface area contributed by atoms with Crippen LogP contribution in [-0.2, 0) is 9.57 Å². The number of hydrogen-bond donors (Lipinski definition) is 1. The number of methoxy groups -OCH3 is 1. The highest BCUT2D eigenvalue weighted by Crippen LogP contribution is 2.09. The number of nitrogens with zero attached hydrogens (tertiary/aromatic N) is 1. The first-order chi connectivity index (χ1) is 7.36. The number of ether oxygens (including phenoxy) is 1. The maximum atomic E-state index is 5.27. The molecular formula is C11H20N2O2. The quantitative estimate of drug-likeness (QED) is 0.389. The third-order valence-corrected chi connectivity index (χ3v) is 2.54. The highest BCUT2D eigenvalue weighted by Gasteiger charge is 2.17. The lowest BCUT2D eigenvalue weighted by Crippen LogP contribution is -2.42. The Morgan fingerprint density at radius 3 is 2.73 bits per heavy atom. The van der Waals surface area contributed by atoms with Gasteiger partial charge in [0.2, 0.25) is 0 Å². The summed E-state index contributed by atoms with van der Waals surface area (Å²) in [5.41, 5.74) is 3.06. The van der Waals surface area contributed by atoms with E-state index in [-0.39, 0.29) is 0 Å². The number of likely N-dealkylation sites (tertiary alicyclic amines) is 1. The SMILES string of the molecule is C#CCN1CCC(NOCCOC)CC1. The highest BCUT2D eigenvalue weighted by molar-refractivity contribution is 4.90. The van der Waals surface area contributed by atoms with E-state index >= 15 is 0 Å². The molecule has 1 N–H and O–H groups in total. The summed E-state index contributed by atoms with van der Waals surface area (Å²) in [6.45, 7) is 4.09. The molecule has 1 aliphatic rings. The Morgan fingerprint density at radius 2 is 2.13 bits per heavy atom. The molecule has 0 saturated carbocycles. The molecule has 1 aliphatic heterocycles. The Balaban J connectivity index is 2.02. The third-order valence-electron chi connectivity index (χ3n) is 2.54. The second kappa shape index (κ2) is 7.66. The minimum Gasteiger partial charge on any atom is -0.382 e. The van der Waals surface area contributed by atoms with Crippen molar-refractivity contribution in [2.24, 2.45) is 0 Å². The van der Waals surface area contributed by atoms with Crippen molar-refractivity contribution in [2.75, 3.05) is 40.0 Å². The van der Waals surface area contributed by atoms with Gasteiger partial charge >= 0.3 is 0 Å². The molecule has 0 aromatic carbocycles. The Hall–Kier alpha value is -0.600. The summed E-state index contributed by atoms with van der Waals surface area (Å²) in [6, 6.07) is 0.455. The van der Waals surface area contributed by atoms with Crippen LogP contribution in [0.2, 0.25) is 0 Å². The minimum atomic E-state index is 0.455. The second-order valence-corrected chi connectivity index (χ2v) is 3.71. The van der Waals surface area contributed by atoms with Gasteiger partial charge < -0.3 is 4.74 Å². The molecule has 1 saturated heterocycles. The summed E-state index contributed by atoms with van der Waals surface area (Å²) < 4.78 is 4.88. The van der Waals surface area contributed by atoms with E-state index < -0.39 is 0 Å². The van der Waals surface area contributed by atoms with Crippen LogP contribution in [0, 0.1) is 12.3 Å². The molecule has 0 bridgehead atoms. The van der Waals surface area contributed by atoms with E-state index in [0.717, 1.165) is 32.5 Å². The van der Waals surface area contributed by atoms with Gasteiger partial charge in [-0.25, -0.2) is 0 Å². The van der Waals surface area contributed by atoms with Gasteiger partial charge in [0.25, 0.3) is 0 Å². The van der Waals surface area contributed by atoms with Gasteiger partial charge in [-0.2, -0.15) is 5.48 Å². The topological polar surface area (TPSA) is 33.7 Å². The summed E-state index contributed by atoms with van der Waals surface area (Å²) in [7, 11) is 1.67. The van der Waals surface area contributed by atoms with Crippen LogP contribution in [0.4, 0.5) is 0 Å². The van der Waals surface area contributed by atoms with E-state index in [9.17, 15) is 0 Å². The first-order valence-electron chi connectivity index (χ1n) is 5.39. The van der Waals surface area contributed by atoms with Crippen molar-refractivity contribution in [3.8, 4) is 12.3 Å². The molecule has 0 aliphatic carbocycles. The average Bonchev–Trinajstić information content (AvgIpc) is 2.27. The van der Waals surface area contributed by atoms with E-state index in [1.54, 1.807) is 7.11 Å². The fourth-order valence-corrected chi connectivity index (χ4v) is 1.64. The van der Waals surface area contributed by atoms with Crippen molar-refractivity contribution in [1.29, 1.82) is 0 Å². The van der Waals surface area contributed by atoms with E-state index in [1.165, 1.54) is 0 Å². The fraction of sp³-hybridized carbons (Fsp3) is 0.818. The number of terminal acetylenes is 1. The molecule has 86 valence electrons. The molecule has 0 atom stereocenters. The predicted octanol–water partition coefficient (Wildman–Crippen LogP) is 0.252. The van der Waals surface area contributed by atoms with Crippen molar-refractivity contribution >= 4 is 0 Å². The smallest absolute Gasteiger partial charge is 0.0915 e. The summed E-state index contributed by atoms with van der Waals surface area (Å²) in [6.07, 6.45) is 7.45. The van der Waals surface area contributed by atoms with Gasteiger partial charge in [-0.15, -0.1) is 6.42 Å². The normalized spacial score (nSPS) is 18.9. The van der Waals surface area contributed by atoms with Crippen LogP contribution in [-0.4, -0.2) is 50.9 Å². The Kier molecular flexibility index (Phi) is 6.37. The molecule has 0 aromatic rings. The molecule has 0 unspecified atom stereocenters. The zero-order valence-electron chi connectivity index (χ0n) is 9.37. The number of hydroxylamine groups is 1. The molecule has 1 heterocycles. The van der Waals surface area contributed by atoms with Crippen LogP contribution in [0.15, 0.2) is 0 Å². The second-order valence-electron chi connectivity index (χ2n) is 3.71. The molecule has 4 heteroatoms. The van der Waals surface area contributed by atoms with E-state index in [4.69, 9.17) is 16.0 Å². The van der Waals surface area contributed by atoms with Gasteiger partial charge in [0.05, 0.1) is 19.8 Å². The number of hydrogen-bond acceptors (Lipinski definition) is 4. The lowest BCUT2D eigenvalue weighted by Gasteiger charge is -2.30. The van der Waals surface area contributed by atoms with Crippen LogP contribution >= 0.6 is 0 Å². The third kappa shape index (κ3) is 5.14. The summed E-state index contributed by atoms with van der Waals surface area (Å²) >= 11 is 0. The molecule has 0 radical (unpaired) electrons. The highest BCUT2D eigenvalue weighted by atomic mass is 16.7. The van der Waals surface area contributed by atoms with E-state index in [0.29, 0.717) is 19.3 Å². The fourth-order valence-electron chi connectivity index (χ4n) is 1.64. The van der Waals surface area contributed by atoms with Crippen molar-refractivity contribution in [2.45, 2.75) is 18.9 Å². The summed E-state index contributed by atoms with van der Waals surface area (Å²) in [4.78, 5) is 7.56. The molecule has 15 heavy (non-hydrogen) atoms. The molecule has 4 nitrogen and oxygen atoms in total. The molecule has 1 fully saturated rings. The molecule has 0 spiro atoms. The van der Waals surface area contributed by atoms with Crippen molar-refractivity contribution < 1.29 is 9.57 Å². The van der Waals surface area contributed by atoms with Gasteiger partial charge in [-0.3, -0.25) is 9.74 Å². The van der Waals surface area contributed by atoms with Gasteiger partial charge in [0.15, 0.2) is 0 Å². The van der Waals surface area contributed by atoms with E-state index in [1.807, 2.05) is 0 Å². The van der Waals surface area contributed by atoms with Crippen molar-refractivity contribution in [3.05, 3.63) is 0 Å². The lowest BCUT2D eigenvalue weighted by atomic mass is 10.1. The van der Waals surface area contributed by atoms with Crippen molar-refractivity contribution in [3.63, 3.8) is 0 Å². The summed E-state index contributed by atoms with van der Waals surface area (Å²) in [5.74, 6) is 2.67. The maximum Gasteiger partial charge on any atom is 0.0915 e. The summed E-state index contributed by atoms with van der Waals surface area (Å²) in [5, 5.41) is 0. The molecular weight excluding hydrogens is 192 g/mol.